The van der Waals surface area contributed by atoms with Crippen LogP contribution in [0.5, 0.6) is 0 Å². The van der Waals surface area contributed by atoms with Crippen molar-refractivity contribution in [3.8, 4) is 0 Å². The van der Waals surface area contributed by atoms with Crippen molar-refractivity contribution >= 4 is 63.8 Å². The van der Waals surface area contributed by atoms with Crippen LogP contribution in [0.1, 0.15) is 22.1 Å². The van der Waals surface area contributed by atoms with Crippen LogP contribution in [-0.4, -0.2) is 27.5 Å². The topological polar surface area (TPSA) is 102 Å². The lowest BCUT2D eigenvalue weighted by Crippen LogP contribution is -2.32. The molecule has 1 N–H and O–H groups in total. The second kappa shape index (κ2) is 9.61. The average Bonchev–Trinajstić information content (AvgIpc) is 3.59. The van der Waals surface area contributed by atoms with Crippen molar-refractivity contribution in [2.24, 2.45) is 5.92 Å². The molecule has 4 heterocycles. The third-order valence-corrected chi connectivity index (χ3v) is 9.48. The molecule has 0 spiro atoms. The van der Waals surface area contributed by atoms with Crippen molar-refractivity contribution in [1.29, 1.82) is 0 Å². The molecule has 2 aromatic heterocycles. The lowest BCUT2D eigenvalue weighted by Gasteiger charge is -2.29. The number of amides is 3. The number of aryl methyl sites for hydroxylation is 1. The molecule has 11 heteroatoms. The summed E-state index contributed by atoms with van der Waals surface area (Å²) < 4.78 is 7.08. The molecule has 1 saturated heterocycles. The Bertz CT molecular complexity index is 1610. The van der Waals surface area contributed by atoms with Crippen LogP contribution in [0.3, 0.4) is 0 Å². The van der Waals surface area contributed by atoms with Gasteiger partial charge in [-0.05, 0) is 55.5 Å². The summed E-state index contributed by atoms with van der Waals surface area (Å²) >= 11 is 8.05. The molecule has 2 aliphatic rings. The van der Waals surface area contributed by atoms with Gasteiger partial charge in [-0.15, -0.1) is 0 Å². The molecule has 2 aromatic carbocycles. The van der Waals surface area contributed by atoms with Crippen molar-refractivity contribution < 1.29 is 18.8 Å². The highest BCUT2D eigenvalue weighted by molar-refractivity contribution is 8.00. The highest BCUT2D eigenvalue weighted by atomic mass is 35.5. The molecular formula is C27H20ClN3O5S2. The van der Waals surface area contributed by atoms with Gasteiger partial charge in [0.1, 0.15) is 17.6 Å². The van der Waals surface area contributed by atoms with E-state index in [1.54, 1.807) is 48.5 Å². The van der Waals surface area contributed by atoms with E-state index >= 15 is 0 Å². The number of carbonyl (C=O) groups is 3. The predicted molar refractivity (Wildman–Crippen MR) is 146 cm³/mol. The Morgan fingerprint density at radius 2 is 1.76 bits per heavy atom. The smallest absolute Gasteiger partial charge is 0.308 e. The van der Waals surface area contributed by atoms with Gasteiger partial charge in [-0.25, -0.2) is 4.90 Å². The van der Waals surface area contributed by atoms with Crippen molar-refractivity contribution in [2.45, 2.75) is 29.7 Å². The number of nitrogens with zero attached hydrogens (tertiary/aromatic N) is 2. The maximum Gasteiger partial charge on any atom is 0.308 e. The van der Waals surface area contributed by atoms with Gasteiger partial charge in [0.15, 0.2) is 0 Å². The molecule has 2 aliphatic heterocycles. The zero-order valence-corrected chi connectivity index (χ0v) is 22.3. The summed E-state index contributed by atoms with van der Waals surface area (Å²) in [5.74, 6) is -1.98. The van der Waals surface area contributed by atoms with Gasteiger partial charge >= 0.3 is 4.87 Å². The number of benzene rings is 2. The van der Waals surface area contributed by atoms with Crippen LogP contribution in [-0.2, 0) is 20.9 Å². The minimum absolute atomic E-state index is 0.244. The number of fused-ring (bicyclic) bond motifs is 2. The molecule has 0 unspecified atom stereocenters. The maximum atomic E-state index is 13.7. The Labute approximate surface area is 230 Å². The van der Waals surface area contributed by atoms with Crippen molar-refractivity contribution in [3.63, 3.8) is 0 Å². The van der Waals surface area contributed by atoms with E-state index in [4.69, 9.17) is 16.0 Å². The molecule has 38 heavy (non-hydrogen) atoms. The van der Waals surface area contributed by atoms with Gasteiger partial charge in [-0.2, -0.15) is 0 Å². The molecule has 3 amide bonds. The Morgan fingerprint density at radius 1 is 1.03 bits per heavy atom. The molecule has 0 bridgehead atoms. The highest BCUT2D eigenvalue weighted by Crippen LogP contribution is 2.53. The minimum atomic E-state index is -0.772. The number of thiazole rings is 1. The van der Waals surface area contributed by atoms with Gasteiger partial charge in [0.25, 0.3) is 0 Å². The number of aromatic nitrogens is 1. The first-order chi connectivity index (χ1) is 18.3. The molecule has 6 rings (SSSR count). The number of hydrogen-bond acceptors (Lipinski definition) is 7. The Morgan fingerprint density at radius 3 is 2.45 bits per heavy atom. The first-order valence-electron chi connectivity index (χ1n) is 11.8. The molecule has 192 valence electrons. The third kappa shape index (κ3) is 4.18. The number of nitrogens with one attached hydrogen (secondary N) is 1. The number of thioether (sulfide) groups is 1. The van der Waals surface area contributed by atoms with Gasteiger partial charge in [0.05, 0.1) is 33.7 Å². The number of rotatable bonds is 5. The quantitative estimate of drug-likeness (QED) is 0.345. The van der Waals surface area contributed by atoms with Gasteiger partial charge in [-0.3, -0.25) is 23.7 Å². The van der Waals surface area contributed by atoms with E-state index in [0.29, 0.717) is 32.1 Å². The standard InChI is InChI=1S/C27H20ClN3O5S2/c1-14-4-10-17(11-5-14)31-24(33)21-20(18-3-2-12-36-18)23-26(37-22(21)25(31)34)30(27(35)38-23)13-19(32)29-16-8-6-15(28)7-9-16/h2-12,20-22H,13H2,1H3,(H,29,32)/t20-,21-,22+/m0/s1. The minimum Gasteiger partial charge on any atom is -0.469 e. The predicted octanol–water partition coefficient (Wildman–Crippen LogP) is 4.90. The lowest BCUT2D eigenvalue weighted by molar-refractivity contribution is -0.122. The fraction of sp³-hybridized carbons (Fsp3) is 0.185. The average molecular weight is 566 g/mol. The summed E-state index contributed by atoms with van der Waals surface area (Å²) in [6, 6.07) is 17.3. The fourth-order valence-corrected chi connectivity index (χ4v) is 7.74. The highest BCUT2D eigenvalue weighted by Gasteiger charge is 2.57. The summed E-state index contributed by atoms with van der Waals surface area (Å²) in [5, 5.41) is 3.03. The first-order valence-corrected chi connectivity index (χ1v) is 13.8. The van der Waals surface area contributed by atoms with E-state index in [-0.39, 0.29) is 23.2 Å². The Hall–Kier alpha value is -3.60. The summed E-state index contributed by atoms with van der Waals surface area (Å²) in [4.78, 5) is 54.9. The third-order valence-electron chi connectivity index (χ3n) is 6.62. The molecule has 0 aliphatic carbocycles. The van der Waals surface area contributed by atoms with E-state index in [9.17, 15) is 19.2 Å². The zero-order valence-electron chi connectivity index (χ0n) is 19.9. The first kappa shape index (κ1) is 24.7. The zero-order chi connectivity index (χ0) is 26.6. The van der Waals surface area contributed by atoms with Crippen molar-refractivity contribution in [1.82, 2.24) is 4.57 Å². The number of carbonyl (C=O) groups excluding carboxylic acids is 3. The SMILES string of the molecule is Cc1ccc(N2C(=O)[C@H]3[C@H](c4ccco4)c4sc(=O)n(CC(=O)Nc5ccc(Cl)cc5)c4S[C@H]3C2=O)cc1. The lowest BCUT2D eigenvalue weighted by atomic mass is 9.87. The second-order valence-electron chi connectivity index (χ2n) is 9.08. The van der Waals surface area contributed by atoms with Gasteiger partial charge in [0, 0.05) is 10.7 Å². The monoisotopic (exact) mass is 565 g/mol. The maximum absolute atomic E-state index is 13.7. The number of imide groups is 1. The summed E-state index contributed by atoms with van der Waals surface area (Å²) in [7, 11) is 0. The van der Waals surface area contributed by atoms with Crippen LogP contribution in [0.2, 0.25) is 5.02 Å². The molecule has 0 radical (unpaired) electrons. The van der Waals surface area contributed by atoms with Crippen LogP contribution in [0.4, 0.5) is 11.4 Å². The summed E-state index contributed by atoms with van der Waals surface area (Å²) in [6.45, 7) is 1.69. The molecule has 0 saturated carbocycles. The number of halogens is 1. The largest absolute Gasteiger partial charge is 0.469 e. The normalized spacial score (nSPS) is 20.4. The van der Waals surface area contributed by atoms with Crippen LogP contribution in [0.15, 0.2) is 81.2 Å². The van der Waals surface area contributed by atoms with Gasteiger partial charge in [0.2, 0.25) is 17.7 Å². The number of hydrogen-bond donors (Lipinski definition) is 1. The second-order valence-corrected chi connectivity index (χ2v) is 11.6. The molecular weight excluding hydrogens is 546 g/mol. The van der Waals surface area contributed by atoms with Crippen LogP contribution in [0, 0.1) is 12.8 Å². The number of furan rings is 1. The van der Waals surface area contributed by atoms with E-state index in [1.165, 1.54) is 15.7 Å². The van der Waals surface area contributed by atoms with Crippen LogP contribution in [0.25, 0.3) is 0 Å². The van der Waals surface area contributed by atoms with E-state index in [1.807, 2.05) is 19.1 Å². The van der Waals surface area contributed by atoms with E-state index < -0.39 is 23.0 Å². The Balaban J connectivity index is 1.38. The van der Waals surface area contributed by atoms with E-state index in [2.05, 4.69) is 5.32 Å². The van der Waals surface area contributed by atoms with E-state index in [0.717, 1.165) is 28.7 Å². The number of anilines is 2. The molecule has 1 fully saturated rings. The van der Waals surface area contributed by atoms with Crippen LogP contribution >= 0.6 is 34.7 Å². The Kier molecular flexibility index (Phi) is 6.25. The molecule has 8 nitrogen and oxygen atoms in total. The molecule has 3 atom stereocenters. The van der Waals surface area contributed by atoms with Crippen molar-refractivity contribution in [2.75, 3.05) is 10.2 Å². The summed E-state index contributed by atoms with van der Waals surface area (Å²) in [5.41, 5.74) is 2.06. The van der Waals surface area contributed by atoms with Crippen LogP contribution < -0.4 is 15.1 Å². The molecule has 4 aromatic rings. The van der Waals surface area contributed by atoms with Gasteiger partial charge in [-0.1, -0.05) is 52.4 Å². The van der Waals surface area contributed by atoms with Crippen molar-refractivity contribution in [3.05, 3.63) is 97.8 Å². The fourth-order valence-electron chi connectivity index (χ4n) is 4.86. The summed E-state index contributed by atoms with van der Waals surface area (Å²) in [6.07, 6.45) is 1.50. The van der Waals surface area contributed by atoms with Gasteiger partial charge < -0.3 is 9.73 Å².